The number of carbonyl (C=O) groups is 1. The van der Waals surface area contributed by atoms with Crippen LogP contribution in [-0.4, -0.2) is 37.1 Å². The molecule has 1 aliphatic heterocycles. The van der Waals surface area contributed by atoms with E-state index in [0.29, 0.717) is 0 Å². The summed E-state index contributed by atoms with van der Waals surface area (Å²) in [6, 6.07) is 9.76. The van der Waals surface area contributed by atoms with Crippen LogP contribution in [0.2, 0.25) is 0 Å². The Morgan fingerprint density at radius 3 is 2.89 bits per heavy atom. The number of benzene rings is 1. The Labute approximate surface area is 108 Å². The average molecular weight is 245 g/mol. The van der Waals surface area contributed by atoms with Gasteiger partial charge in [0.15, 0.2) is 0 Å². The van der Waals surface area contributed by atoms with Crippen LogP contribution < -0.4 is 0 Å². The Hall–Kier alpha value is -1.61. The van der Waals surface area contributed by atoms with Gasteiger partial charge in [0.25, 0.3) is 0 Å². The van der Waals surface area contributed by atoms with Crippen molar-refractivity contribution in [1.82, 2.24) is 4.90 Å². The van der Waals surface area contributed by atoms with Crippen LogP contribution in [0.25, 0.3) is 6.08 Å². The number of piperidine rings is 1. The van der Waals surface area contributed by atoms with E-state index in [-0.39, 0.29) is 12.1 Å². The smallest absolute Gasteiger partial charge is 0.331 e. The second kappa shape index (κ2) is 6.36. The Morgan fingerprint density at radius 1 is 1.39 bits per heavy atom. The van der Waals surface area contributed by atoms with Gasteiger partial charge in [0.1, 0.15) is 6.10 Å². The molecule has 1 saturated heterocycles. The molecule has 1 unspecified atom stereocenters. The van der Waals surface area contributed by atoms with Crippen LogP contribution in [0, 0.1) is 0 Å². The number of hydrogen-bond acceptors (Lipinski definition) is 3. The molecule has 3 heteroatoms. The predicted molar refractivity (Wildman–Crippen MR) is 72.1 cm³/mol. The zero-order chi connectivity index (χ0) is 12.8. The molecule has 1 aromatic carbocycles. The highest BCUT2D eigenvalue weighted by Crippen LogP contribution is 2.12. The Bertz CT molecular complexity index is 414. The van der Waals surface area contributed by atoms with Gasteiger partial charge < -0.3 is 9.64 Å². The van der Waals surface area contributed by atoms with Gasteiger partial charge in [-0.15, -0.1) is 0 Å². The Morgan fingerprint density at radius 2 is 2.17 bits per heavy atom. The zero-order valence-electron chi connectivity index (χ0n) is 10.7. The van der Waals surface area contributed by atoms with Gasteiger partial charge >= 0.3 is 5.97 Å². The molecule has 1 heterocycles. The summed E-state index contributed by atoms with van der Waals surface area (Å²) in [7, 11) is 2.06. The van der Waals surface area contributed by atoms with Gasteiger partial charge in [-0.25, -0.2) is 4.79 Å². The molecule has 0 saturated carbocycles. The van der Waals surface area contributed by atoms with E-state index in [2.05, 4.69) is 11.9 Å². The molecular weight excluding hydrogens is 226 g/mol. The molecule has 1 aromatic rings. The first-order valence-corrected chi connectivity index (χ1v) is 6.36. The highest BCUT2D eigenvalue weighted by atomic mass is 16.5. The number of hydrogen-bond donors (Lipinski definition) is 0. The first-order valence-electron chi connectivity index (χ1n) is 6.36. The molecule has 3 nitrogen and oxygen atoms in total. The van der Waals surface area contributed by atoms with Crippen molar-refractivity contribution in [2.75, 3.05) is 20.1 Å². The summed E-state index contributed by atoms with van der Waals surface area (Å²) in [5, 5.41) is 0. The third-order valence-electron chi connectivity index (χ3n) is 3.08. The highest BCUT2D eigenvalue weighted by molar-refractivity contribution is 5.87. The maximum atomic E-state index is 11.7. The SMILES string of the molecule is CN1CCCC(OC(=O)/C=C/c2ccccc2)C1. The summed E-state index contributed by atoms with van der Waals surface area (Å²) < 4.78 is 5.42. The van der Waals surface area contributed by atoms with Crippen LogP contribution in [-0.2, 0) is 9.53 Å². The van der Waals surface area contributed by atoms with Crippen molar-refractivity contribution in [1.29, 1.82) is 0 Å². The second-order valence-corrected chi connectivity index (χ2v) is 4.71. The molecule has 1 fully saturated rings. The van der Waals surface area contributed by atoms with Gasteiger partial charge in [0.2, 0.25) is 0 Å². The first-order chi connectivity index (χ1) is 8.74. The van der Waals surface area contributed by atoms with Crippen molar-refractivity contribution in [3.63, 3.8) is 0 Å². The standard InChI is InChI=1S/C15H19NO2/c1-16-11-5-8-14(12-16)18-15(17)10-9-13-6-3-2-4-7-13/h2-4,6-7,9-10,14H,5,8,11-12H2,1H3/b10-9+. The van der Waals surface area contributed by atoms with Gasteiger partial charge in [-0.1, -0.05) is 30.3 Å². The molecule has 18 heavy (non-hydrogen) atoms. The van der Waals surface area contributed by atoms with Crippen molar-refractivity contribution in [3.05, 3.63) is 42.0 Å². The number of rotatable bonds is 3. The molecule has 0 radical (unpaired) electrons. The molecule has 0 spiro atoms. The number of likely N-dealkylation sites (tertiary alicyclic amines) is 1. The van der Waals surface area contributed by atoms with E-state index < -0.39 is 0 Å². The number of ether oxygens (including phenoxy) is 1. The highest BCUT2D eigenvalue weighted by Gasteiger charge is 2.19. The van der Waals surface area contributed by atoms with Gasteiger partial charge in [0, 0.05) is 12.6 Å². The molecule has 0 bridgehead atoms. The molecule has 0 N–H and O–H groups in total. The van der Waals surface area contributed by atoms with Crippen LogP contribution in [0.3, 0.4) is 0 Å². The van der Waals surface area contributed by atoms with Gasteiger partial charge in [-0.2, -0.15) is 0 Å². The summed E-state index contributed by atoms with van der Waals surface area (Å²) >= 11 is 0. The molecule has 1 aliphatic rings. The minimum Gasteiger partial charge on any atom is -0.458 e. The molecular formula is C15H19NO2. The Balaban J connectivity index is 1.83. The number of carbonyl (C=O) groups excluding carboxylic acids is 1. The third-order valence-corrected chi connectivity index (χ3v) is 3.08. The van der Waals surface area contributed by atoms with Crippen molar-refractivity contribution in [2.45, 2.75) is 18.9 Å². The predicted octanol–water partition coefficient (Wildman–Crippen LogP) is 2.34. The maximum absolute atomic E-state index is 11.7. The average Bonchev–Trinajstić information content (AvgIpc) is 2.38. The van der Waals surface area contributed by atoms with Gasteiger partial charge in [0.05, 0.1) is 0 Å². The second-order valence-electron chi connectivity index (χ2n) is 4.71. The third kappa shape index (κ3) is 4.00. The number of esters is 1. The van der Waals surface area contributed by atoms with E-state index in [9.17, 15) is 4.79 Å². The number of likely N-dealkylation sites (N-methyl/N-ethyl adjacent to an activating group) is 1. The van der Waals surface area contributed by atoms with E-state index in [1.807, 2.05) is 30.3 Å². The van der Waals surface area contributed by atoms with E-state index in [4.69, 9.17) is 4.74 Å². The lowest BCUT2D eigenvalue weighted by Crippen LogP contribution is -2.37. The summed E-state index contributed by atoms with van der Waals surface area (Å²) in [6.07, 6.45) is 5.39. The molecule has 0 aromatic heterocycles. The lowest BCUT2D eigenvalue weighted by atomic mass is 10.1. The summed E-state index contributed by atoms with van der Waals surface area (Å²) in [5.74, 6) is -0.251. The molecule has 0 aliphatic carbocycles. The van der Waals surface area contributed by atoms with Crippen LogP contribution >= 0.6 is 0 Å². The zero-order valence-corrected chi connectivity index (χ0v) is 10.7. The van der Waals surface area contributed by atoms with Gasteiger partial charge in [-0.3, -0.25) is 0 Å². The van der Waals surface area contributed by atoms with Crippen molar-refractivity contribution in [3.8, 4) is 0 Å². The maximum Gasteiger partial charge on any atom is 0.331 e. The van der Waals surface area contributed by atoms with Crippen molar-refractivity contribution < 1.29 is 9.53 Å². The van der Waals surface area contributed by atoms with Crippen molar-refractivity contribution in [2.24, 2.45) is 0 Å². The van der Waals surface area contributed by atoms with Crippen LogP contribution in [0.1, 0.15) is 18.4 Å². The van der Waals surface area contributed by atoms with Crippen LogP contribution in [0.4, 0.5) is 0 Å². The van der Waals surface area contributed by atoms with E-state index in [1.165, 1.54) is 6.08 Å². The Kier molecular flexibility index (Phi) is 4.53. The number of nitrogens with zero attached hydrogens (tertiary/aromatic N) is 1. The molecule has 96 valence electrons. The molecule has 0 amide bonds. The van der Waals surface area contributed by atoms with E-state index in [1.54, 1.807) is 6.08 Å². The minimum atomic E-state index is -0.251. The van der Waals surface area contributed by atoms with Crippen LogP contribution in [0.5, 0.6) is 0 Å². The van der Waals surface area contributed by atoms with Crippen LogP contribution in [0.15, 0.2) is 36.4 Å². The topological polar surface area (TPSA) is 29.5 Å². The lowest BCUT2D eigenvalue weighted by molar-refractivity contribution is -0.145. The summed E-state index contributed by atoms with van der Waals surface area (Å²) in [5.41, 5.74) is 1.01. The molecule has 2 rings (SSSR count). The fraction of sp³-hybridized carbons (Fsp3) is 0.400. The lowest BCUT2D eigenvalue weighted by Gasteiger charge is -2.28. The summed E-state index contributed by atoms with van der Waals surface area (Å²) in [6.45, 7) is 1.93. The first kappa shape index (κ1) is 12.8. The summed E-state index contributed by atoms with van der Waals surface area (Å²) in [4.78, 5) is 13.9. The molecule has 1 atom stereocenters. The monoisotopic (exact) mass is 245 g/mol. The quantitative estimate of drug-likeness (QED) is 0.604. The normalized spacial score (nSPS) is 21.1. The van der Waals surface area contributed by atoms with E-state index in [0.717, 1.165) is 31.5 Å². The van der Waals surface area contributed by atoms with Crippen molar-refractivity contribution >= 4 is 12.0 Å². The minimum absolute atomic E-state index is 0.0386. The largest absolute Gasteiger partial charge is 0.458 e. The fourth-order valence-electron chi connectivity index (χ4n) is 2.15. The van der Waals surface area contributed by atoms with Gasteiger partial charge in [-0.05, 0) is 38.1 Å². The van der Waals surface area contributed by atoms with E-state index >= 15 is 0 Å². The fourth-order valence-corrected chi connectivity index (χ4v) is 2.15.